The molecule has 1 amide bonds. The van der Waals surface area contributed by atoms with Gasteiger partial charge in [-0.2, -0.15) is 0 Å². The molecule has 1 atom stereocenters. The Morgan fingerprint density at radius 2 is 2.05 bits per heavy atom. The zero-order valence-corrected chi connectivity index (χ0v) is 11.9. The summed E-state index contributed by atoms with van der Waals surface area (Å²) in [6, 6.07) is 7.06. The normalized spacial score (nSPS) is 11.7. The van der Waals surface area contributed by atoms with Gasteiger partial charge >= 0.3 is 5.97 Å². The van der Waals surface area contributed by atoms with Crippen LogP contribution in [0.25, 0.3) is 0 Å². The Bertz CT molecular complexity index is 459. The fourth-order valence-electron chi connectivity index (χ4n) is 1.76. The van der Waals surface area contributed by atoms with Crippen molar-refractivity contribution in [1.82, 2.24) is 5.32 Å². The standard InChI is InChI=1S/C15H21NO4/c1-3-20-13-9-5-4-8-12(13)14(17)16-10-6-7-11(2)15(18)19/h4-5,8-9,11H,3,6-7,10H2,1-2H3,(H,16,17)(H,18,19). The number of aliphatic carboxylic acids is 1. The van der Waals surface area contributed by atoms with Crippen molar-refractivity contribution in [2.24, 2.45) is 5.92 Å². The third-order valence-corrected chi connectivity index (χ3v) is 2.95. The molecule has 1 unspecified atom stereocenters. The minimum absolute atomic E-state index is 0.197. The molecule has 1 aromatic carbocycles. The maximum absolute atomic E-state index is 12.0. The van der Waals surface area contributed by atoms with Crippen LogP contribution in [0.4, 0.5) is 0 Å². The van der Waals surface area contributed by atoms with Crippen LogP contribution in [0.3, 0.4) is 0 Å². The van der Waals surface area contributed by atoms with Gasteiger partial charge in [0.2, 0.25) is 0 Å². The monoisotopic (exact) mass is 279 g/mol. The second kappa shape index (κ2) is 8.19. The van der Waals surface area contributed by atoms with Crippen molar-refractivity contribution >= 4 is 11.9 Å². The smallest absolute Gasteiger partial charge is 0.306 e. The second-order valence-corrected chi connectivity index (χ2v) is 4.57. The first-order chi connectivity index (χ1) is 9.56. The zero-order chi connectivity index (χ0) is 15.0. The first kappa shape index (κ1) is 16.0. The van der Waals surface area contributed by atoms with Crippen LogP contribution in [0.5, 0.6) is 5.75 Å². The third-order valence-electron chi connectivity index (χ3n) is 2.95. The number of nitrogens with one attached hydrogen (secondary N) is 1. The summed E-state index contributed by atoms with van der Waals surface area (Å²) in [5.41, 5.74) is 0.501. The number of carbonyl (C=O) groups is 2. The summed E-state index contributed by atoms with van der Waals surface area (Å²) in [6.07, 6.45) is 1.18. The number of carboxylic acid groups (broad SMARTS) is 1. The zero-order valence-electron chi connectivity index (χ0n) is 11.9. The molecule has 1 rings (SSSR count). The summed E-state index contributed by atoms with van der Waals surface area (Å²) in [4.78, 5) is 22.7. The number of hydrogen-bond donors (Lipinski definition) is 2. The van der Waals surface area contributed by atoms with Crippen LogP contribution < -0.4 is 10.1 Å². The lowest BCUT2D eigenvalue weighted by Crippen LogP contribution is -2.25. The summed E-state index contributed by atoms with van der Waals surface area (Å²) in [6.45, 7) is 4.48. The molecule has 5 nitrogen and oxygen atoms in total. The Labute approximate surface area is 118 Å². The highest BCUT2D eigenvalue weighted by Crippen LogP contribution is 2.17. The van der Waals surface area contributed by atoms with Gasteiger partial charge in [-0.15, -0.1) is 0 Å². The molecule has 0 aliphatic heterocycles. The topological polar surface area (TPSA) is 75.6 Å². The SMILES string of the molecule is CCOc1ccccc1C(=O)NCCCC(C)C(=O)O. The lowest BCUT2D eigenvalue weighted by Gasteiger charge is -2.11. The Kier molecular flexibility index (Phi) is 6.56. The van der Waals surface area contributed by atoms with Crippen molar-refractivity contribution in [3.05, 3.63) is 29.8 Å². The van der Waals surface area contributed by atoms with E-state index in [4.69, 9.17) is 9.84 Å². The maximum atomic E-state index is 12.0. The molecule has 0 heterocycles. The molecule has 0 fully saturated rings. The molecule has 110 valence electrons. The van der Waals surface area contributed by atoms with E-state index in [1.54, 1.807) is 25.1 Å². The van der Waals surface area contributed by atoms with Crippen LogP contribution in [0, 0.1) is 5.92 Å². The summed E-state index contributed by atoms with van der Waals surface area (Å²) in [5.74, 6) is -0.830. The summed E-state index contributed by atoms with van der Waals surface area (Å²) < 4.78 is 5.40. The van der Waals surface area contributed by atoms with E-state index < -0.39 is 5.97 Å². The molecular weight excluding hydrogens is 258 g/mol. The highest BCUT2D eigenvalue weighted by molar-refractivity contribution is 5.96. The lowest BCUT2D eigenvalue weighted by molar-refractivity contribution is -0.141. The minimum Gasteiger partial charge on any atom is -0.493 e. The molecule has 20 heavy (non-hydrogen) atoms. The molecule has 0 aromatic heterocycles. The van der Waals surface area contributed by atoms with Gasteiger partial charge in [-0.25, -0.2) is 0 Å². The van der Waals surface area contributed by atoms with Crippen LogP contribution in [0.1, 0.15) is 37.0 Å². The van der Waals surface area contributed by atoms with Gasteiger partial charge in [0.15, 0.2) is 0 Å². The first-order valence-electron chi connectivity index (χ1n) is 6.79. The van der Waals surface area contributed by atoms with E-state index in [2.05, 4.69) is 5.32 Å². The molecular formula is C15H21NO4. The Balaban J connectivity index is 2.45. The molecule has 0 saturated heterocycles. The van der Waals surface area contributed by atoms with E-state index in [1.165, 1.54) is 0 Å². The highest BCUT2D eigenvalue weighted by atomic mass is 16.5. The van der Waals surface area contributed by atoms with E-state index in [1.807, 2.05) is 13.0 Å². The Hall–Kier alpha value is -2.04. The van der Waals surface area contributed by atoms with Gasteiger partial charge < -0.3 is 15.2 Å². The van der Waals surface area contributed by atoms with Gasteiger partial charge in [-0.1, -0.05) is 19.1 Å². The number of amides is 1. The molecule has 0 bridgehead atoms. The van der Waals surface area contributed by atoms with Crippen LogP contribution in [0.15, 0.2) is 24.3 Å². The van der Waals surface area contributed by atoms with Crippen LogP contribution in [0.2, 0.25) is 0 Å². The molecule has 2 N–H and O–H groups in total. The quantitative estimate of drug-likeness (QED) is 0.716. The van der Waals surface area contributed by atoms with E-state index in [0.717, 1.165) is 0 Å². The van der Waals surface area contributed by atoms with Gasteiger partial charge in [-0.05, 0) is 31.9 Å². The Morgan fingerprint density at radius 1 is 1.35 bits per heavy atom. The second-order valence-electron chi connectivity index (χ2n) is 4.57. The first-order valence-corrected chi connectivity index (χ1v) is 6.79. The van der Waals surface area contributed by atoms with Crippen molar-refractivity contribution in [2.75, 3.05) is 13.2 Å². The average Bonchev–Trinajstić information content (AvgIpc) is 2.44. The van der Waals surface area contributed by atoms with Gasteiger partial charge in [0.05, 0.1) is 18.1 Å². The largest absolute Gasteiger partial charge is 0.493 e. The molecule has 5 heteroatoms. The fourth-order valence-corrected chi connectivity index (χ4v) is 1.76. The molecule has 0 radical (unpaired) electrons. The van der Waals surface area contributed by atoms with Crippen molar-refractivity contribution < 1.29 is 19.4 Å². The highest BCUT2D eigenvalue weighted by Gasteiger charge is 2.13. The number of hydrogen-bond acceptors (Lipinski definition) is 3. The molecule has 0 aliphatic rings. The van der Waals surface area contributed by atoms with E-state index in [9.17, 15) is 9.59 Å². The number of para-hydroxylation sites is 1. The number of ether oxygens (including phenoxy) is 1. The molecule has 0 saturated carbocycles. The van der Waals surface area contributed by atoms with Crippen molar-refractivity contribution in [1.29, 1.82) is 0 Å². The molecule has 0 aliphatic carbocycles. The minimum atomic E-state index is -0.807. The van der Waals surface area contributed by atoms with Crippen LogP contribution in [-0.4, -0.2) is 30.1 Å². The summed E-state index contributed by atoms with van der Waals surface area (Å²) in [7, 11) is 0. The van der Waals surface area contributed by atoms with Crippen molar-refractivity contribution in [2.45, 2.75) is 26.7 Å². The predicted molar refractivity (Wildman–Crippen MR) is 76.0 cm³/mol. The van der Waals surface area contributed by atoms with Crippen molar-refractivity contribution in [3.63, 3.8) is 0 Å². The van der Waals surface area contributed by atoms with Gasteiger partial charge in [0.1, 0.15) is 5.75 Å². The van der Waals surface area contributed by atoms with E-state index >= 15 is 0 Å². The Morgan fingerprint density at radius 3 is 2.70 bits per heavy atom. The van der Waals surface area contributed by atoms with Gasteiger partial charge in [-0.3, -0.25) is 9.59 Å². The molecule has 0 spiro atoms. The van der Waals surface area contributed by atoms with E-state index in [0.29, 0.717) is 37.3 Å². The fraction of sp³-hybridized carbons (Fsp3) is 0.467. The predicted octanol–water partition coefficient (Wildman–Crippen LogP) is 2.32. The number of carbonyl (C=O) groups excluding carboxylic acids is 1. The maximum Gasteiger partial charge on any atom is 0.306 e. The lowest BCUT2D eigenvalue weighted by atomic mass is 10.1. The van der Waals surface area contributed by atoms with Gasteiger partial charge in [0.25, 0.3) is 5.91 Å². The average molecular weight is 279 g/mol. The third kappa shape index (κ3) is 4.91. The molecule has 1 aromatic rings. The van der Waals surface area contributed by atoms with Crippen LogP contribution >= 0.6 is 0 Å². The number of carboxylic acids is 1. The van der Waals surface area contributed by atoms with E-state index in [-0.39, 0.29) is 11.8 Å². The number of rotatable bonds is 8. The summed E-state index contributed by atoms with van der Waals surface area (Å²) in [5, 5.41) is 11.5. The summed E-state index contributed by atoms with van der Waals surface area (Å²) >= 11 is 0. The van der Waals surface area contributed by atoms with Gasteiger partial charge in [0, 0.05) is 6.54 Å². The number of benzene rings is 1. The van der Waals surface area contributed by atoms with Crippen molar-refractivity contribution in [3.8, 4) is 5.75 Å². The van der Waals surface area contributed by atoms with Crippen LogP contribution in [-0.2, 0) is 4.79 Å².